The molecule has 4 rings (SSSR count). The van der Waals surface area contributed by atoms with Gasteiger partial charge >= 0.3 is 0 Å². The fourth-order valence-electron chi connectivity index (χ4n) is 3.56. The second-order valence-electron chi connectivity index (χ2n) is 7.06. The van der Waals surface area contributed by atoms with Crippen LogP contribution in [0.1, 0.15) is 12.5 Å². The highest BCUT2D eigenvalue weighted by Crippen LogP contribution is 2.30. The summed E-state index contributed by atoms with van der Waals surface area (Å²) in [6.07, 6.45) is 0. The van der Waals surface area contributed by atoms with Gasteiger partial charge in [0.2, 0.25) is 11.9 Å². The number of hydrogen-bond acceptors (Lipinski definition) is 6. The van der Waals surface area contributed by atoms with E-state index in [1.807, 2.05) is 41.3 Å². The highest BCUT2D eigenvalue weighted by molar-refractivity contribution is 5.94. The van der Waals surface area contributed by atoms with Crippen molar-refractivity contribution in [1.29, 1.82) is 0 Å². The van der Waals surface area contributed by atoms with Crippen LogP contribution in [0, 0.1) is 0 Å². The Morgan fingerprint density at radius 1 is 1.03 bits per heavy atom. The number of aromatic nitrogens is 2. The van der Waals surface area contributed by atoms with E-state index >= 15 is 0 Å². The molecule has 1 N–H and O–H groups in total. The first-order chi connectivity index (χ1) is 14.2. The fourth-order valence-corrected chi connectivity index (χ4v) is 3.56. The third kappa shape index (κ3) is 4.08. The van der Waals surface area contributed by atoms with Crippen LogP contribution in [0.25, 0.3) is 10.9 Å². The van der Waals surface area contributed by atoms with Gasteiger partial charge in [0.25, 0.3) is 0 Å². The first-order valence-electron chi connectivity index (χ1n) is 9.78. The van der Waals surface area contributed by atoms with Gasteiger partial charge in [0.15, 0.2) is 0 Å². The number of nitrogens with one attached hydrogen (secondary N) is 1. The molecule has 0 aliphatic carbocycles. The Labute approximate surface area is 170 Å². The molecule has 0 radical (unpaired) electrons. The van der Waals surface area contributed by atoms with E-state index in [0.29, 0.717) is 38.7 Å². The monoisotopic (exact) mass is 391 g/mol. The van der Waals surface area contributed by atoms with Crippen LogP contribution in [0.2, 0.25) is 0 Å². The first-order valence-corrected chi connectivity index (χ1v) is 9.78. The zero-order valence-electron chi connectivity index (χ0n) is 16.8. The second-order valence-corrected chi connectivity index (χ2v) is 7.06. The molecule has 0 spiro atoms. The van der Waals surface area contributed by atoms with Gasteiger partial charge in [-0.15, -0.1) is 0 Å². The van der Waals surface area contributed by atoms with Crippen LogP contribution in [0.15, 0.2) is 48.5 Å². The number of benzene rings is 2. The molecule has 150 valence electrons. The van der Waals surface area contributed by atoms with Crippen molar-refractivity contribution < 1.29 is 9.53 Å². The van der Waals surface area contributed by atoms with Gasteiger partial charge in [-0.05, 0) is 17.7 Å². The number of ether oxygens (including phenoxy) is 1. The molecule has 1 aliphatic heterocycles. The Hall–Kier alpha value is -3.35. The lowest BCUT2D eigenvalue weighted by Crippen LogP contribution is -2.48. The molecule has 2 heterocycles. The van der Waals surface area contributed by atoms with Gasteiger partial charge in [-0.3, -0.25) is 4.79 Å². The number of carbonyl (C=O) groups is 1. The molecular formula is C22H25N5O2. The van der Waals surface area contributed by atoms with E-state index < -0.39 is 0 Å². The van der Waals surface area contributed by atoms with Crippen LogP contribution in [0.3, 0.4) is 0 Å². The Kier molecular flexibility index (Phi) is 5.46. The van der Waals surface area contributed by atoms with E-state index in [9.17, 15) is 4.79 Å². The number of methoxy groups -OCH3 is 1. The minimum absolute atomic E-state index is 0.107. The number of rotatable bonds is 5. The molecule has 1 amide bonds. The van der Waals surface area contributed by atoms with E-state index in [-0.39, 0.29) is 5.91 Å². The Morgan fingerprint density at radius 2 is 1.79 bits per heavy atom. The molecule has 0 unspecified atom stereocenters. The van der Waals surface area contributed by atoms with E-state index in [2.05, 4.69) is 22.3 Å². The molecule has 0 atom stereocenters. The smallest absolute Gasteiger partial charge is 0.228 e. The van der Waals surface area contributed by atoms with Crippen molar-refractivity contribution in [2.75, 3.05) is 43.5 Å². The van der Waals surface area contributed by atoms with E-state index in [0.717, 1.165) is 22.5 Å². The van der Waals surface area contributed by atoms with Crippen molar-refractivity contribution in [2.24, 2.45) is 0 Å². The maximum atomic E-state index is 11.6. The maximum absolute atomic E-state index is 11.6. The first kappa shape index (κ1) is 19.0. The third-order valence-corrected chi connectivity index (χ3v) is 5.21. The summed E-state index contributed by atoms with van der Waals surface area (Å²) in [7, 11) is 1.65. The molecule has 1 aromatic heterocycles. The fraction of sp³-hybridized carbons (Fsp3) is 0.318. The summed E-state index contributed by atoms with van der Waals surface area (Å²) in [6.45, 7) is 5.04. The quantitative estimate of drug-likeness (QED) is 0.721. The van der Waals surface area contributed by atoms with Gasteiger partial charge in [-0.25, -0.2) is 4.98 Å². The van der Waals surface area contributed by atoms with Crippen LogP contribution in [-0.2, 0) is 11.3 Å². The van der Waals surface area contributed by atoms with Crippen LogP contribution in [0.5, 0.6) is 5.75 Å². The van der Waals surface area contributed by atoms with Crippen molar-refractivity contribution >= 4 is 28.6 Å². The molecule has 1 saturated heterocycles. The number of para-hydroxylation sites is 1. The normalized spacial score (nSPS) is 14.1. The van der Waals surface area contributed by atoms with E-state index in [4.69, 9.17) is 14.7 Å². The summed E-state index contributed by atoms with van der Waals surface area (Å²) in [5, 5.41) is 4.39. The summed E-state index contributed by atoms with van der Waals surface area (Å²) in [4.78, 5) is 25.2. The summed E-state index contributed by atoms with van der Waals surface area (Å²) in [5.41, 5.74) is 1.96. The lowest BCUT2D eigenvalue weighted by atomic mass is 10.2. The van der Waals surface area contributed by atoms with E-state index in [1.165, 1.54) is 5.56 Å². The van der Waals surface area contributed by atoms with Crippen LogP contribution < -0.4 is 15.0 Å². The molecule has 0 bridgehead atoms. The van der Waals surface area contributed by atoms with Gasteiger partial charge in [-0.2, -0.15) is 4.98 Å². The lowest BCUT2D eigenvalue weighted by molar-refractivity contribution is -0.129. The molecule has 1 aliphatic rings. The highest BCUT2D eigenvalue weighted by atomic mass is 16.5. The molecule has 3 aromatic rings. The number of anilines is 2. The van der Waals surface area contributed by atoms with Gasteiger partial charge in [0.05, 0.1) is 7.11 Å². The summed E-state index contributed by atoms with van der Waals surface area (Å²) in [6, 6.07) is 16.1. The summed E-state index contributed by atoms with van der Waals surface area (Å²) >= 11 is 0. The van der Waals surface area contributed by atoms with Crippen LogP contribution >= 0.6 is 0 Å². The number of hydrogen-bond donors (Lipinski definition) is 1. The van der Waals surface area contributed by atoms with Crippen molar-refractivity contribution in [3.8, 4) is 5.75 Å². The predicted molar refractivity (Wildman–Crippen MR) is 114 cm³/mol. The average Bonchev–Trinajstić information content (AvgIpc) is 2.77. The van der Waals surface area contributed by atoms with Crippen LogP contribution in [-0.4, -0.2) is 54.1 Å². The van der Waals surface area contributed by atoms with Crippen molar-refractivity contribution in [2.45, 2.75) is 13.5 Å². The molecule has 29 heavy (non-hydrogen) atoms. The minimum atomic E-state index is 0.107. The van der Waals surface area contributed by atoms with Crippen LogP contribution in [0.4, 0.5) is 11.8 Å². The molecule has 2 aromatic carbocycles. The standard InChI is InChI=1S/C22H25N5O2/c1-16(28)26-11-13-27(14-12-26)22-24-20-18(9-6-10-19(20)29-2)21(25-22)23-15-17-7-4-3-5-8-17/h3-10H,11-15H2,1-2H3,(H,23,24,25). The number of nitrogens with zero attached hydrogens (tertiary/aromatic N) is 4. The SMILES string of the molecule is COc1cccc2c(NCc3ccccc3)nc(N3CCN(C(C)=O)CC3)nc12. The van der Waals surface area contributed by atoms with Crippen molar-refractivity contribution in [3.63, 3.8) is 0 Å². The Morgan fingerprint density at radius 3 is 2.48 bits per heavy atom. The van der Waals surface area contributed by atoms with Crippen molar-refractivity contribution in [3.05, 3.63) is 54.1 Å². The van der Waals surface area contributed by atoms with Gasteiger partial charge in [0, 0.05) is 45.0 Å². The number of amides is 1. The zero-order valence-corrected chi connectivity index (χ0v) is 16.8. The van der Waals surface area contributed by atoms with Gasteiger partial charge in [-0.1, -0.05) is 36.4 Å². The average molecular weight is 391 g/mol. The van der Waals surface area contributed by atoms with Crippen molar-refractivity contribution in [1.82, 2.24) is 14.9 Å². The Bertz CT molecular complexity index is 1000. The number of piperazine rings is 1. The molecule has 7 heteroatoms. The number of fused-ring (bicyclic) bond motifs is 1. The zero-order chi connectivity index (χ0) is 20.2. The minimum Gasteiger partial charge on any atom is -0.494 e. The molecule has 0 saturated carbocycles. The lowest BCUT2D eigenvalue weighted by Gasteiger charge is -2.34. The topological polar surface area (TPSA) is 70.6 Å². The summed E-state index contributed by atoms with van der Waals surface area (Å²) in [5.74, 6) is 2.26. The van der Waals surface area contributed by atoms with Gasteiger partial charge < -0.3 is 19.9 Å². The molecular weight excluding hydrogens is 366 g/mol. The van der Waals surface area contributed by atoms with E-state index in [1.54, 1.807) is 14.0 Å². The summed E-state index contributed by atoms with van der Waals surface area (Å²) < 4.78 is 5.55. The Balaban J connectivity index is 1.67. The maximum Gasteiger partial charge on any atom is 0.228 e. The molecule has 1 fully saturated rings. The third-order valence-electron chi connectivity index (χ3n) is 5.21. The predicted octanol–water partition coefficient (Wildman–Crippen LogP) is 2.92. The second kappa shape index (κ2) is 8.34. The highest BCUT2D eigenvalue weighted by Gasteiger charge is 2.22. The molecule has 7 nitrogen and oxygen atoms in total. The number of carbonyl (C=O) groups excluding carboxylic acids is 1. The van der Waals surface area contributed by atoms with Gasteiger partial charge in [0.1, 0.15) is 17.1 Å². The largest absolute Gasteiger partial charge is 0.494 e.